The van der Waals surface area contributed by atoms with Gasteiger partial charge in [-0.3, -0.25) is 0 Å². The van der Waals surface area contributed by atoms with Gasteiger partial charge in [-0.2, -0.15) is 0 Å². The van der Waals surface area contributed by atoms with E-state index in [0.717, 1.165) is 45.6 Å². The summed E-state index contributed by atoms with van der Waals surface area (Å²) in [6.07, 6.45) is 23.8. The quantitative estimate of drug-likeness (QED) is 0.598. The summed E-state index contributed by atoms with van der Waals surface area (Å²) in [4.78, 5) is 18.4. The van der Waals surface area contributed by atoms with Crippen molar-refractivity contribution in [3.8, 4) is 0 Å². The molecule has 0 N–H and O–H groups in total. The first-order valence-electron chi connectivity index (χ1n) is 7.74. The van der Waals surface area contributed by atoms with Gasteiger partial charge in [-0.1, -0.05) is 0 Å². The van der Waals surface area contributed by atoms with Crippen LogP contribution in [0.1, 0.15) is 0 Å². The van der Waals surface area contributed by atoms with Crippen LogP contribution in [0.3, 0.4) is 0 Å². The fourth-order valence-corrected chi connectivity index (χ4v) is 2.83. The maximum absolute atomic E-state index is 4.59. The number of aliphatic imine (C=N–C) groups is 4. The Balaban J connectivity index is 0.00000157. The van der Waals surface area contributed by atoms with Gasteiger partial charge in [0.15, 0.2) is 0 Å². The van der Waals surface area contributed by atoms with E-state index < -0.39 is 0 Å². The zero-order chi connectivity index (χ0) is 15.9. The molecule has 4 nitrogen and oxygen atoms in total. The number of hydrogen-bond donors (Lipinski definition) is 0. The van der Waals surface area contributed by atoms with Crippen molar-refractivity contribution in [2.45, 2.75) is 0 Å². The summed E-state index contributed by atoms with van der Waals surface area (Å²) in [6, 6.07) is 0. The minimum absolute atomic E-state index is 0. The lowest BCUT2D eigenvalue weighted by molar-refractivity contribution is 1.41. The van der Waals surface area contributed by atoms with Gasteiger partial charge in [0, 0.05) is 0 Å². The smallest absolute Gasteiger partial charge is 0.0659 e. The van der Waals surface area contributed by atoms with Gasteiger partial charge in [-0.15, -0.1) is 17.0 Å². The summed E-state index contributed by atoms with van der Waals surface area (Å²) in [5, 5.41) is 0. The topological polar surface area (TPSA) is 49.4 Å². The normalized spacial score (nSPS) is 21.8. The summed E-state index contributed by atoms with van der Waals surface area (Å²) in [5.41, 5.74) is 7.15. The van der Waals surface area contributed by atoms with Crippen LogP contribution in [-0.2, 0) is 0 Å². The average Bonchev–Trinajstić information content (AvgIpc) is 3.32. The van der Waals surface area contributed by atoms with Gasteiger partial charge in [-0.25, -0.2) is 20.0 Å². The van der Waals surface area contributed by atoms with Gasteiger partial charge in [-0.05, 0) is 72.9 Å². The summed E-state index contributed by atoms with van der Waals surface area (Å²) in [7, 11) is 0. The number of rotatable bonds is 0. The van der Waals surface area contributed by atoms with Crippen LogP contribution in [0.5, 0.6) is 0 Å². The third-order valence-corrected chi connectivity index (χ3v) is 3.92. The van der Waals surface area contributed by atoms with Crippen LogP contribution >= 0.6 is 17.0 Å². The lowest BCUT2D eigenvalue weighted by Crippen LogP contribution is -1.89. The van der Waals surface area contributed by atoms with E-state index in [-0.39, 0.29) is 17.0 Å². The molecule has 0 saturated carbocycles. The molecule has 5 heterocycles. The molecule has 0 amide bonds. The van der Waals surface area contributed by atoms with Crippen molar-refractivity contribution < 1.29 is 0 Å². The zero-order valence-electron chi connectivity index (χ0n) is 13.1. The van der Waals surface area contributed by atoms with Crippen LogP contribution in [-0.4, -0.2) is 22.8 Å². The molecule has 5 aliphatic rings. The first-order chi connectivity index (χ1) is 11.8. The van der Waals surface area contributed by atoms with Gasteiger partial charge in [0.2, 0.25) is 0 Å². The number of fused-ring (bicyclic) bond motifs is 4. The van der Waals surface area contributed by atoms with E-state index in [9.17, 15) is 0 Å². The van der Waals surface area contributed by atoms with Gasteiger partial charge >= 0.3 is 0 Å². The van der Waals surface area contributed by atoms with E-state index in [4.69, 9.17) is 0 Å². The lowest BCUT2D eigenvalue weighted by Gasteiger charge is -1.94. The number of hydrogen-bond acceptors (Lipinski definition) is 4. The third-order valence-electron chi connectivity index (χ3n) is 3.92. The molecule has 8 bridgehead atoms. The van der Waals surface area contributed by atoms with E-state index >= 15 is 0 Å². The molecule has 0 aliphatic carbocycles. The molecule has 0 aromatic rings. The van der Waals surface area contributed by atoms with Crippen LogP contribution in [0.15, 0.2) is 116 Å². The molecular weight excluding hydrogens is 376 g/mol. The molecule has 0 fully saturated rings. The molecule has 5 heteroatoms. The van der Waals surface area contributed by atoms with E-state index in [1.54, 1.807) is 0 Å². The second-order valence-corrected chi connectivity index (χ2v) is 5.76. The summed E-state index contributed by atoms with van der Waals surface area (Å²) in [6.45, 7) is 0. The van der Waals surface area contributed by atoms with E-state index in [0.29, 0.717) is 0 Å². The Morgan fingerprint density at radius 1 is 0.360 bits per heavy atom. The second kappa shape index (κ2) is 6.18. The third kappa shape index (κ3) is 3.19. The fourth-order valence-electron chi connectivity index (χ4n) is 2.83. The number of halogens is 1. The zero-order valence-corrected chi connectivity index (χ0v) is 14.8. The van der Waals surface area contributed by atoms with Crippen molar-refractivity contribution >= 4 is 39.8 Å². The number of allylic oxidation sites excluding steroid dienone is 12. The highest BCUT2D eigenvalue weighted by atomic mass is 79.9. The van der Waals surface area contributed by atoms with Crippen molar-refractivity contribution in [3.05, 3.63) is 95.7 Å². The SMILES string of the molecule is Br.C1=CC2=NC1=CC1=NC(=CC3=NC(=CC4=NC(=C2)C=C4)C=C3)C=C1. The van der Waals surface area contributed by atoms with Crippen LogP contribution in [0, 0.1) is 0 Å². The highest BCUT2D eigenvalue weighted by molar-refractivity contribution is 8.93. The molecular formula is C20H13BrN4. The first-order valence-corrected chi connectivity index (χ1v) is 7.74. The Morgan fingerprint density at radius 3 is 0.840 bits per heavy atom. The molecule has 0 atom stereocenters. The second-order valence-electron chi connectivity index (χ2n) is 5.76. The van der Waals surface area contributed by atoms with Crippen molar-refractivity contribution in [2.24, 2.45) is 20.0 Å². The van der Waals surface area contributed by atoms with Gasteiger partial charge < -0.3 is 0 Å². The minimum atomic E-state index is 0. The van der Waals surface area contributed by atoms with Crippen LogP contribution < -0.4 is 0 Å². The number of nitrogens with zero attached hydrogens (tertiary/aromatic N) is 4. The minimum Gasteiger partial charge on any atom is -0.249 e. The molecule has 0 spiro atoms. The highest BCUT2D eigenvalue weighted by Gasteiger charge is 2.11. The standard InChI is InChI=1S/C20H12N4.BrH/c1-2-14-10-16-5-6-18(23-16)12-20-8-7-19(24-20)11-17-4-3-15(22-17)9-13(1)21-14;/h1-12H;1H. The molecule has 120 valence electrons. The fraction of sp³-hybridized carbons (Fsp3) is 0. The molecule has 0 aromatic carbocycles. The Kier molecular flexibility index (Phi) is 3.86. The molecule has 25 heavy (non-hydrogen) atoms. The van der Waals surface area contributed by atoms with Crippen molar-refractivity contribution in [1.82, 2.24) is 0 Å². The van der Waals surface area contributed by atoms with Gasteiger partial charge in [0.05, 0.1) is 45.6 Å². The molecule has 5 aliphatic heterocycles. The summed E-state index contributed by atoms with van der Waals surface area (Å²) < 4.78 is 0. The summed E-state index contributed by atoms with van der Waals surface area (Å²) in [5.74, 6) is 0. The van der Waals surface area contributed by atoms with Gasteiger partial charge in [0.1, 0.15) is 0 Å². The van der Waals surface area contributed by atoms with Crippen LogP contribution in [0.25, 0.3) is 0 Å². The van der Waals surface area contributed by atoms with Crippen molar-refractivity contribution in [3.63, 3.8) is 0 Å². The largest absolute Gasteiger partial charge is 0.249 e. The van der Waals surface area contributed by atoms with Crippen molar-refractivity contribution in [1.29, 1.82) is 0 Å². The Hall–Kier alpha value is -2.92. The highest BCUT2D eigenvalue weighted by Crippen LogP contribution is 2.20. The maximum atomic E-state index is 4.59. The first kappa shape index (κ1) is 15.6. The Morgan fingerprint density at radius 2 is 0.600 bits per heavy atom. The molecule has 0 unspecified atom stereocenters. The van der Waals surface area contributed by atoms with E-state index in [1.807, 2.05) is 72.9 Å². The lowest BCUT2D eigenvalue weighted by atomic mass is 10.2. The Bertz CT molecular complexity index is 848. The summed E-state index contributed by atoms with van der Waals surface area (Å²) >= 11 is 0. The predicted molar refractivity (Wildman–Crippen MR) is 109 cm³/mol. The van der Waals surface area contributed by atoms with Crippen LogP contribution in [0.4, 0.5) is 0 Å². The van der Waals surface area contributed by atoms with Crippen molar-refractivity contribution in [2.75, 3.05) is 0 Å². The average molecular weight is 389 g/mol. The van der Waals surface area contributed by atoms with Gasteiger partial charge in [0.25, 0.3) is 0 Å². The molecule has 0 radical (unpaired) electrons. The maximum Gasteiger partial charge on any atom is 0.0659 e. The van der Waals surface area contributed by atoms with E-state index in [2.05, 4.69) is 20.0 Å². The van der Waals surface area contributed by atoms with Crippen LogP contribution in [0.2, 0.25) is 0 Å². The van der Waals surface area contributed by atoms with E-state index in [1.165, 1.54) is 0 Å². The molecule has 0 saturated heterocycles. The molecule has 5 rings (SSSR count). The predicted octanol–water partition coefficient (Wildman–Crippen LogP) is 4.16. The Labute approximate surface area is 155 Å². The molecule has 0 aromatic heterocycles. The monoisotopic (exact) mass is 388 g/mol.